The van der Waals surface area contributed by atoms with Gasteiger partial charge in [0.2, 0.25) is 0 Å². The molecule has 1 heterocycles. The summed E-state index contributed by atoms with van der Waals surface area (Å²) >= 11 is 3.53. The predicted octanol–water partition coefficient (Wildman–Crippen LogP) is 3.03. The molecule has 1 spiro atoms. The number of ether oxygens (including phenoxy) is 1. The summed E-state index contributed by atoms with van der Waals surface area (Å²) in [5.74, 6) is 0.764. The lowest BCUT2D eigenvalue weighted by Gasteiger charge is -2.24. The van der Waals surface area contributed by atoms with E-state index < -0.39 is 0 Å². The second-order valence-electron chi connectivity index (χ2n) is 6.07. The summed E-state index contributed by atoms with van der Waals surface area (Å²) < 4.78 is 5.39. The lowest BCUT2D eigenvalue weighted by atomic mass is 10.0. The minimum Gasteiger partial charge on any atom is -0.444 e. The van der Waals surface area contributed by atoms with Crippen LogP contribution in [0.4, 0.5) is 4.79 Å². The molecule has 92 valence electrons. The van der Waals surface area contributed by atoms with Gasteiger partial charge in [0.25, 0.3) is 0 Å². The molecule has 2 atom stereocenters. The number of likely N-dealkylation sites (tertiary alicyclic amines) is 1. The van der Waals surface area contributed by atoms with Crippen LogP contribution in [0.3, 0.4) is 0 Å². The smallest absolute Gasteiger partial charge is 0.410 e. The zero-order chi connectivity index (χ0) is 12.0. The summed E-state index contributed by atoms with van der Waals surface area (Å²) in [4.78, 5) is 13.7. The van der Waals surface area contributed by atoms with Crippen LogP contribution in [-0.4, -0.2) is 35.0 Å². The van der Waals surface area contributed by atoms with Gasteiger partial charge in [0.05, 0.1) is 0 Å². The van der Waals surface area contributed by atoms with Gasteiger partial charge in [-0.3, -0.25) is 0 Å². The summed E-state index contributed by atoms with van der Waals surface area (Å²) in [6, 6.07) is 0. The van der Waals surface area contributed by atoms with Gasteiger partial charge in [0, 0.05) is 18.4 Å². The number of nitrogens with zero attached hydrogens (tertiary/aromatic N) is 1. The Morgan fingerprint density at radius 1 is 1.56 bits per heavy atom. The van der Waals surface area contributed by atoms with E-state index in [9.17, 15) is 4.79 Å². The number of hydrogen-bond donors (Lipinski definition) is 0. The molecule has 0 aromatic carbocycles. The third-order valence-corrected chi connectivity index (χ3v) is 4.36. The largest absolute Gasteiger partial charge is 0.444 e. The topological polar surface area (TPSA) is 29.5 Å². The normalized spacial score (nSPS) is 33.2. The van der Waals surface area contributed by atoms with Crippen LogP contribution >= 0.6 is 15.9 Å². The summed E-state index contributed by atoms with van der Waals surface area (Å²) in [7, 11) is 0. The van der Waals surface area contributed by atoms with Gasteiger partial charge in [-0.25, -0.2) is 4.79 Å². The quantitative estimate of drug-likeness (QED) is 0.695. The van der Waals surface area contributed by atoms with Crippen LogP contribution < -0.4 is 0 Å². The number of alkyl halides is 1. The molecular formula is C12H20BrNO2. The first-order chi connectivity index (χ1) is 7.36. The summed E-state index contributed by atoms with van der Waals surface area (Å²) in [5, 5.41) is 1.06. The van der Waals surface area contributed by atoms with Crippen LogP contribution in [0.1, 0.15) is 33.6 Å². The van der Waals surface area contributed by atoms with E-state index in [2.05, 4.69) is 15.9 Å². The first-order valence-electron chi connectivity index (χ1n) is 5.90. The van der Waals surface area contributed by atoms with Gasteiger partial charge in [0.15, 0.2) is 0 Å². The van der Waals surface area contributed by atoms with Crippen LogP contribution in [0.15, 0.2) is 0 Å². The van der Waals surface area contributed by atoms with E-state index in [0.29, 0.717) is 5.41 Å². The van der Waals surface area contributed by atoms with E-state index in [1.54, 1.807) is 0 Å². The molecule has 2 aliphatic rings. The van der Waals surface area contributed by atoms with Crippen LogP contribution in [0.2, 0.25) is 0 Å². The van der Waals surface area contributed by atoms with Crippen molar-refractivity contribution < 1.29 is 9.53 Å². The van der Waals surface area contributed by atoms with E-state index in [0.717, 1.165) is 30.8 Å². The number of carbonyl (C=O) groups is 1. The Hall–Kier alpha value is -0.250. The Balaban J connectivity index is 1.88. The van der Waals surface area contributed by atoms with Crippen molar-refractivity contribution >= 4 is 22.0 Å². The van der Waals surface area contributed by atoms with Crippen LogP contribution in [0.5, 0.6) is 0 Å². The van der Waals surface area contributed by atoms with Crippen LogP contribution in [0, 0.1) is 11.3 Å². The fourth-order valence-electron chi connectivity index (χ4n) is 2.53. The zero-order valence-corrected chi connectivity index (χ0v) is 11.8. The van der Waals surface area contributed by atoms with Crippen molar-refractivity contribution in [2.24, 2.45) is 11.3 Å². The molecular weight excluding hydrogens is 270 g/mol. The molecule has 16 heavy (non-hydrogen) atoms. The molecule has 0 radical (unpaired) electrons. The minimum absolute atomic E-state index is 0.149. The molecule has 0 aromatic heterocycles. The maximum Gasteiger partial charge on any atom is 0.410 e. The SMILES string of the molecule is CC(C)(C)OC(=O)N1CCC2(CC2CBr)C1. The van der Waals surface area contributed by atoms with E-state index in [-0.39, 0.29) is 11.7 Å². The van der Waals surface area contributed by atoms with Crippen molar-refractivity contribution in [3.63, 3.8) is 0 Å². The third kappa shape index (κ3) is 2.36. The van der Waals surface area contributed by atoms with E-state index >= 15 is 0 Å². The fourth-order valence-corrected chi connectivity index (χ4v) is 3.44. The monoisotopic (exact) mass is 289 g/mol. The van der Waals surface area contributed by atoms with Crippen LogP contribution in [0.25, 0.3) is 0 Å². The van der Waals surface area contributed by atoms with Gasteiger partial charge in [0.1, 0.15) is 5.60 Å². The van der Waals surface area contributed by atoms with Gasteiger partial charge >= 0.3 is 6.09 Å². The standard InChI is InChI=1S/C12H20BrNO2/c1-11(2,3)16-10(15)14-5-4-12(8-14)6-9(12)7-13/h9H,4-8H2,1-3H3. The van der Waals surface area contributed by atoms with Crippen molar-refractivity contribution in [2.45, 2.75) is 39.2 Å². The van der Waals surface area contributed by atoms with Gasteiger partial charge < -0.3 is 9.64 Å². The Labute approximate surface area is 106 Å². The number of halogens is 1. The Morgan fingerprint density at radius 2 is 2.25 bits per heavy atom. The number of hydrogen-bond acceptors (Lipinski definition) is 2. The molecule has 0 N–H and O–H groups in total. The molecule has 2 rings (SSSR count). The zero-order valence-electron chi connectivity index (χ0n) is 10.3. The van der Waals surface area contributed by atoms with Crippen molar-refractivity contribution in [2.75, 3.05) is 18.4 Å². The van der Waals surface area contributed by atoms with Crippen LogP contribution in [-0.2, 0) is 4.74 Å². The fraction of sp³-hybridized carbons (Fsp3) is 0.917. The van der Waals surface area contributed by atoms with Gasteiger partial charge in [-0.2, -0.15) is 0 Å². The molecule has 2 fully saturated rings. The molecule has 4 heteroatoms. The first-order valence-corrected chi connectivity index (χ1v) is 7.02. The van der Waals surface area contributed by atoms with Gasteiger partial charge in [-0.1, -0.05) is 15.9 Å². The molecule has 0 aromatic rings. The Morgan fingerprint density at radius 3 is 2.75 bits per heavy atom. The molecule has 1 saturated heterocycles. The first kappa shape index (κ1) is 12.2. The second kappa shape index (κ2) is 3.90. The average molecular weight is 290 g/mol. The molecule has 2 unspecified atom stereocenters. The summed E-state index contributed by atoms with van der Waals surface area (Å²) in [6.45, 7) is 7.48. The maximum absolute atomic E-state index is 11.9. The molecule has 1 amide bonds. The number of rotatable bonds is 1. The van der Waals surface area contributed by atoms with Crippen molar-refractivity contribution in [3.05, 3.63) is 0 Å². The summed E-state index contributed by atoms with van der Waals surface area (Å²) in [6.07, 6.45) is 2.25. The van der Waals surface area contributed by atoms with E-state index in [1.165, 1.54) is 6.42 Å². The third-order valence-electron chi connectivity index (χ3n) is 3.58. The van der Waals surface area contributed by atoms with E-state index in [4.69, 9.17) is 4.74 Å². The Bertz CT molecular complexity index is 300. The maximum atomic E-state index is 11.9. The highest BCUT2D eigenvalue weighted by Gasteiger charge is 2.57. The van der Waals surface area contributed by atoms with Gasteiger partial charge in [-0.05, 0) is 44.9 Å². The lowest BCUT2D eigenvalue weighted by molar-refractivity contribution is 0.0284. The number of carbonyl (C=O) groups excluding carboxylic acids is 1. The molecule has 1 saturated carbocycles. The minimum atomic E-state index is -0.384. The Kier molecular flexibility index (Phi) is 2.97. The number of amides is 1. The second-order valence-corrected chi connectivity index (χ2v) is 6.72. The molecule has 0 bridgehead atoms. The van der Waals surface area contributed by atoms with Crippen molar-refractivity contribution in [1.82, 2.24) is 4.90 Å². The predicted molar refractivity (Wildman–Crippen MR) is 66.8 cm³/mol. The summed E-state index contributed by atoms with van der Waals surface area (Å²) in [5.41, 5.74) is 0.0333. The molecule has 1 aliphatic heterocycles. The molecule has 1 aliphatic carbocycles. The van der Waals surface area contributed by atoms with E-state index in [1.807, 2.05) is 25.7 Å². The molecule has 3 nitrogen and oxygen atoms in total. The highest BCUT2D eigenvalue weighted by atomic mass is 79.9. The van der Waals surface area contributed by atoms with Crippen molar-refractivity contribution in [3.8, 4) is 0 Å². The highest BCUT2D eigenvalue weighted by molar-refractivity contribution is 9.09. The average Bonchev–Trinajstić information content (AvgIpc) is 2.62. The van der Waals surface area contributed by atoms with Gasteiger partial charge in [-0.15, -0.1) is 0 Å². The highest BCUT2D eigenvalue weighted by Crippen LogP contribution is 2.59. The van der Waals surface area contributed by atoms with Crippen molar-refractivity contribution in [1.29, 1.82) is 0 Å². The lowest BCUT2D eigenvalue weighted by Crippen LogP contribution is -2.35.